The van der Waals surface area contributed by atoms with Crippen molar-refractivity contribution in [3.63, 3.8) is 0 Å². The highest BCUT2D eigenvalue weighted by Gasteiger charge is 2.26. The van der Waals surface area contributed by atoms with Crippen LogP contribution < -0.4 is 14.8 Å². The van der Waals surface area contributed by atoms with Crippen molar-refractivity contribution in [2.24, 2.45) is 5.92 Å². The van der Waals surface area contributed by atoms with E-state index < -0.39 is 0 Å². The standard InChI is InChI=1S/C17H28N2O2/c1-12-11-19(3)9-8-16(12)18-13(2)15-10-14(20-4)6-7-17(15)21-5/h6-7,10,12-13,16,18H,8-9,11H2,1-5H3. The molecule has 1 aliphatic rings. The smallest absolute Gasteiger partial charge is 0.123 e. The molecule has 4 heteroatoms. The van der Waals surface area contributed by atoms with Crippen molar-refractivity contribution in [3.05, 3.63) is 23.8 Å². The number of hydrogen-bond acceptors (Lipinski definition) is 4. The molecule has 118 valence electrons. The summed E-state index contributed by atoms with van der Waals surface area (Å²) in [5.41, 5.74) is 1.16. The molecule has 0 spiro atoms. The third kappa shape index (κ3) is 3.89. The minimum Gasteiger partial charge on any atom is -0.497 e. The predicted molar refractivity (Wildman–Crippen MR) is 86.2 cm³/mol. The minimum atomic E-state index is 0.242. The molecule has 1 heterocycles. The van der Waals surface area contributed by atoms with E-state index in [4.69, 9.17) is 9.47 Å². The summed E-state index contributed by atoms with van der Waals surface area (Å²) in [6, 6.07) is 6.77. The SMILES string of the molecule is COc1ccc(OC)c(C(C)NC2CCN(C)CC2C)c1. The van der Waals surface area contributed by atoms with Gasteiger partial charge >= 0.3 is 0 Å². The fourth-order valence-corrected chi connectivity index (χ4v) is 3.19. The largest absolute Gasteiger partial charge is 0.497 e. The van der Waals surface area contributed by atoms with Crippen molar-refractivity contribution >= 4 is 0 Å². The zero-order valence-corrected chi connectivity index (χ0v) is 13.8. The molecule has 0 bridgehead atoms. The maximum absolute atomic E-state index is 5.50. The number of methoxy groups -OCH3 is 2. The summed E-state index contributed by atoms with van der Waals surface area (Å²) < 4.78 is 10.8. The van der Waals surface area contributed by atoms with Crippen LogP contribution in [0.2, 0.25) is 0 Å². The van der Waals surface area contributed by atoms with Crippen LogP contribution in [0, 0.1) is 5.92 Å². The van der Waals surface area contributed by atoms with Gasteiger partial charge in [-0.1, -0.05) is 6.92 Å². The lowest BCUT2D eigenvalue weighted by Crippen LogP contribution is -2.47. The molecule has 21 heavy (non-hydrogen) atoms. The lowest BCUT2D eigenvalue weighted by molar-refractivity contribution is 0.167. The Balaban J connectivity index is 2.10. The summed E-state index contributed by atoms with van der Waals surface area (Å²) in [7, 11) is 5.61. The third-order valence-electron chi connectivity index (χ3n) is 4.48. The molecule has 1 aromatic carbocycles. The second-order valence-corrected chi connectivity index (χ2v) is 6.13. The van der Waals surface area contributed by atoms with Gasteiger partial charge < -0.3 is 19.7 Å². The van der Waals surface area contributed by atoms with Gasteiger partial charge in [0, 0.05) is 24.2 Å². The van der Waals surface area contributed by atoms with Crippen molar-refractivity contribution < 1.29 is 9.47 Å². The van der Waals surface area contributed by atoms with E-state index in [0.717, 1.165) is 30.2 Å². The molecule has 4 nitrogen and oxygen atoms in total. The Labute approximate surface area is 128 Å². The monoisotopic (exact) mass is 292 g/mol. The Kier molecular flexibility index (Phi) is 5.48. The van der Waals surface area contributed by atoms with Crippen molar-refractivity contribution in [3.8, 4) is 11.5 Å². The van der Waals surface area contributed by atoms with E-state index >= 15 is 0 Å². The van der Waals surface area contributed by atoms with Gasteiger partial charge in [-0.2, -0.15) is 0 Å². The highest BCUT2D eigenvalue weighted by molar-refractivity contribution is 5.42. The quantitative estimate of drug-likeness (QED) is 0.905. The Morgan fingerprint density at radius 2 is 2.05 bits per heavy atom. The molecule has 1 fully saturated rings. The second kappa shape index (κ2) is 7.14. The van der Waals surface area contributed by atoms with E-state index in [2.05, 4.69) is 37.2 Å². The first kappa shape index (κ1) is 16.1. The normalized spacial score (nSPS) is 24.6. The van der Waals surface area contributed by atoms with Crippen LogP contribution in [0.1, 0.15) is 31.9 Å². The van der Waals surface area contributed by atoms with Crippen LogP contribution in [0.25, 0.3) is 0 Å². The molecular weight excluding hydrogens is 264 g/mol. The molecule has 1 saturated heterocycles. The van der Waals surface area contributed by atoms with Crippen molar-refractivity contribution in [1.82, 2.24) is 10.2 Å². The van der Waals surface area contributed by atoms with E-state index in [-0.39, 0.29) is 6.04 Å². The van der Waals surface area contributed by atoms with Crippen molar-refractivity contribution in [2.45, 2.75) is 32.4 Å². The maximum atomic E-state index is 5.50. The van der Waals surface area contributed by atoms with Crippen LogP contribution in [0.15, 0.2) is 18.2 Å². The van der Waals surface area contributed by atoms with E-state index in [1.54, 1.807) is 14.2 Å². The Hall–Kier alpha value is -1.26. The Bertz CT molecular complexity index is 464. The van der Waals surface area contributed by atoms with Gasteiger partial charge in [-0.25, -0.2) is 0 Å². The molecule has 1 aliphatic heterocycles. The molecule has 0 amide bonds. The highest BCUT2D eigenvalue weighted by atomic mass is 16.5. The van der Waals surface area contributed by atoms with Crippen LogP contribution in [-0.4, -0.2) is 45.3 Å². The first-order valence-corrected chi connectivity index (χ1v) is 7.71. The van der Waals surface area contributed by atoms with Gasteiger partial charge in [0.05, 0.1) is 14.2 Å². The fraction of sp³-hybridized carbons (Fsp3) is 0.647. The number of likely N-dealkylation sites (tertiary alicyclic amines) is 1. The number of rotatable bonds is 5. The average Bonchev–Trinajstić information content (AvgIpc) is 2.49. The van der Waals surface area contributed by atoms with Gasteiger partial charge in [0.15, 0.2) is 0 Å². The number of hydrogen-bond donors (Lipinski definition) is 1. The van der Waals surface area contributed by atoms with E-state index in [9.17, 15) is 0 Å². The van der Waals surface area contributed by atoms with Crippen LogP contribution in [-0.2, 0) is 0 Å². The van der Waals surface area contributed by atoms with Gasteiger partial charge in [0.1, 0.15) is 11.5 Å². The molecule has 2 rings (SSSR count). The van der Waals surface area contributed by atoms with E-state index in [1.807, 2.05) is 12.1 Å². The van der Waals surface area contributed by atoms with E-state index in [0.29, 0.717) is 12.0 Å². The number of ether oxygens (including phenoxy) is 2. The molecule has 0 aliphatic carbocycles. The first-order valence-electron chi connectivity index (χ1n) is 7.71. The summed E-state index contributed by atoms with van der Waals surface area (Å²) in [4.78, 5) is 2.40. The van der Waals surface area contributed by atoms with E-state index in [1.165, 1.54) is 6.42 Å². The topological polar surface area (TPSA) is 33.7 Å². The summed E-state index contributed by atoms with van der Waals surface area (Å²) in [6.07, 6.45) is 1.19. The molecule has 0 radical (unpaired) electrons. The Morgan fingerprint density at radius 3 is 2.67 bits per heavy atom. The van der Waals surface area contributed by atoms with Crippen molar-refractivity contribution in [2.75, 3.05) is 34.4 Å². The van der Waals surface area contributed by atoms with Gasteiger partial charge in [-0.15, -0.1) is 0 Å². The fourth-order valence-electron chi connectivity index (χ4n) is 3.19. The van der Waals surface area contributed by atoms with Crippen LogP contribution >= 0.6 is 0 Å². The van der Waals surface area contributed by atoms with Crippen LogP contribution in [0.3, 0.4) is 0 Å². The van der Waals surface area contributed by atoms with Gasteiger partial charge in [0.25, 0.3) is 0 Å². The number of benzene rings is 1. The second-order valence-electron chi connectivity index (χ2n) is 6.13. The lowest BCUT2D eigenvalue weighted by Gasteiger charge is -2.37. The summed E-state index contributed by atoms with van der Waals surface area (Å²) >= 11 is 0. The zero-order valence-electron chi connectivity index (χ0n) is 13.8. The van der Waals surface area contributed by atoms with Gasteiger partial charge in [0.2, 0.25) is 0 Å². The summed E-state index contributed by atoms with van der Waals surface area (Å²) in [5.74, 6) is 2.44. The lowest BCUT2D eigenvalue weighted by atomic mass is 9.92. The summed E-state index contributed by atoms with van der Waals surface area (Å²) in [6.45, 7) is 6.83. The first-order chi connectivity index (χ1) is 10.0. The highest BCUT2D eigenvalue weighted by Crippen LogP contribution is 2.30. The molecule has 0 aromatic heterocycles. The number of nitrogens with zero attached hydrogens (tertiary/aromatic N) is 1. The number of piperidine rings is 1. The molecule has 1 N–H and O–H groups in total. The minimum absolute atomic E-state index is 0.242. The van der Waals surface area contributed by atoms with Crippen LogP contribution in [0.5, 0.6) is 11.5 Å². The maximum Gasteiger partial charge on any atom is 0.123 e. The molecule has 3 atom stereocenters. The average molecular weight is 292 g/mol. The molecule has 0 saturated carbocycles. The molecule has 3 unspecified atom stereocenters. The summed E-state index contributed by atoms with van der Waals surface area (Å²) in [5, 5.41) is 3.77. The van der Waals surface area contributed by atoms with Gasteiger partial charge in [-0.3, -0.25) is 0 Å². The van der Waals surface area contributed by atoms with Crippen LogP contribution in [0.4, 0.5) is 0 Å². The van der Waals surface area contributed by atoms with Crippen molar-refractivity contribution in [1.29, 1.82) is 0 Å². The zero-order chi connectivity index (χ0) is 15.4. The molecule has 1 aromatic rings. The Morgan fingerprint density at radius 1 is 1.29 bits per heavy atom. The van der Waals surface area contributed by atoms with Gasteiger partial charge in [-0.05, 0) is 51.1 Å². The predicted octanol–water partition coefficient (Wildman–Crippen LogP) is 2.69. The third-order valence-corrected chi connectivity index (χ3v) is 4.48. The number of nitrogens with one attached hydrogen (secondary N) is 1. The molecular formula is C17H28N2O2.